The van der Waals surface area contributed by atoms with Gasteiger partial charge in [0.25, 0.3) is 5.56 Å². The fraction of sp³-hybridized carbons (Fsp3) is 0.158. The van der Waals surface area contributed by atoms with Crippen molar-refractivity contribution in [3.63, 3.8) is 0 Å². The Morgan fingerprint density at radius 3 is 2.79 bits per heavy atom. The van der Waals surface area contributed by atoms with Crippen LogP contribution >= 0.6 is 0 Å². The lowest BCUT2D eigenvalue weighted by Crippen LogP contribution is -2.27. The zero-order valence-electron chi connectivity index (χ0n) is 12.9. The zero-order valence-corrected chi connectivity index (χ0v) is 12.9. The second-order valence-electron chi connectivity index (χ2n) is 6.01. The van der Waals surface area contributed by atoms with Gasteiger partial charge < -0.3 is 10.4 Å². The first kappa shape index (κ1) is 14.5. The van der Waals surface area contributed by atoms with E-state index in [9.17, 15) is 14.7 Å². The molecule has 2 aromatic carbocycles. The Bertz CT molecular complexity index is 1000. The smallest absolute Gasteiger partial charge is 0.328 e. The number of benzene rings is 2. The summed E-state index contributed by atoms with van der Waals surface area (Å²) in [6.45, 7) is 0.238. The van der Waals surface area contributed by atoms with E-state index in [0.29, 0.717) is 12.2 Å². The molecular weight excluding hydrogens is 304 g/mol. The van der Waals surface area contributed by atoms with Crippen molar-refractivity contribution in [2.75, 3.05) is 11.9 Å². The Labute approximate surface area is 138 Å². The molecule has 0 aliphatic carbocycles. The fourth-order valence-corrected chi connectivity index (χ4v) is 3.35. The van der Waals surface area contributed by atoms with Crippen LogP contribution in [0.5, 0.6) is 0 Å². The highest BCUT2D eigenvalue weighted by molar-refractivity contribution is 5.86. The summed E-state index contributed by atoms with van der Waals surface area (Å²) in [4.78, 5) is 23.6. The van der Waals surface area contributed by atoms with E-state index in [1.807, 2.05) is 24.3 Å². The molecule has 0 bridgehead atoms. The third kappa shape index (κ3) is 2.34. The SMILES string of the molecule is O=C(O)[C@@H]1CNc2cc(Cc3cccc4ccccc34)cc(=O)n21. The summed E-state index contributed by atoms with van der Waals surface area (Å²) in [5.41, 5.74) is 1.74. The molecule has 5 heteroatoms. The van der Waals surface area contributed by atoms with E-state index in [2.05, 4.69) is 29.6 Å². The van der Waals surface area contributed by atoms with E-state index in [1.165, 1.54) is 10.6 Å². The molecule has 2 heterocycles. The van der Waals surface area contributed by atoms with Gasteiger partial charge in [-0.05, 0) is 34.4 Å². The predicted molar refractivity (Wildman–Crippen MR) is 92.6 cm³/mol. The lowest BCUT2D eigenvalue weighted by Gasteiger charge is -2.11. The number of fused-ring (bicyclic) bond motifs is 2. The molecular formula is C19H16N2O3. The molecule has 3 aromatic rings. The number of aliphatic carboxylic acids is 1. The molecule has 4 rings (SSSR count). The first-order valence-corrected chi connectivity index (χ1v) is 7.82. The first-order chi connectivity index (χ1) is 11.6. The molecule has 1 aliphatic rings. The summed E-state index contributed by atoms with van der Waals surface area (Å²) in [7, 11) is 0. The molecule has 5 nitrogen and oxygen atoms in total. The van der Waals surface area contributed by atoms with Crippen LogP contribution in [-0.4, -0.2) is 22.2 Å². The van der Waals surface area contributed by atoms with Crippen LogP contribution in [0.1, 0.15) is 17.2 Å². The Kier molecular flexibility index (Phi) is 3.34. The van der Waals surface area contributed by atoms with Crippen molar-refractivity contribution < 1.29 is 9.90 Å². The monoisotopic (exact) mass is 320 g/mol. The van der Waals surface area contributed by atoms with Crippen molar-refractivity contribution >= 4 is 22.6 Å². The van der Waals surface area contributed by atoms with Gasteiger partial charge in [0.05, 0.1) is 0 Å². The minimum atomic E-state index is -0.995. The van der Waals surface area contributed by atoms with Crippen LogP contribution in [0.15, 0.2) is 59.4 Å². The van der Waals surface area contributed by atoms with Crippen molar-refractivity contribution in [2.24, 2.45) is 0 Å². The molecule has 1 aromatic heterocycles. The van der Waals surface area contributed by atoms with E-state index < -0.39 is 12.0 Å². The zero-order chi connectivity index (χ0) is 16.7. The molecule has 2 N–H and O–H groups in total. The number of carbonyl (C=O) groups is 1. The third-order valence-corrected chi connectivity index (χ3v) is 4.48. The summed E-state index contributed by atoms with van der Waals surface area (Å²) in [5.74, 6) is -0.421. The average Bonchev–Trinajstić information content (AvgIpc) is 3.00. The number of carboxylic acid groups (broad SMARTS) is 1. The van der Waals surface area contributed by atoms with Gasteiger partial charge in [-0.15, -0.1) is 0 Å². The molecule has 24 heavy (non-hydrogen) atoms. The lowest BCUT2D eigenvalue weighted by molar-refractivity contribution is -0.140. The second kappa shape index (κ2) is 5.53. The predicted octanol–water partition coefficient (Wildman–Crippen LogP) is 2.64. The van der Waals surface area contributed by atoms with E-state index in [1.54, 1.807) is 0 Å². The molecule has 0 spiro atoms. The largest absolute Gasteiger partial charge is 0.480 e. The highest BCUT2D eigenvalue weighted by atomic mass is 16.4. The maximum Gasteiger partial charge on any atom is 0.328 e. The number of aromatic nitrogens is 1. The van der Waals surface area contributed by atoms with Crippen LogP contribution in [0, 0.1) is 0 Å². The highest BCUT2D eigenvalue weighted by Gasteiger charge is 2.28. The van der Waals surface area contributed by atoms with Gasteiger partial charge in [0.15, 0.2) is 6.04 Å². The van der Waals surface area contributed by atoms with Gasteiger partial charge >= 0.3 is 5.97 Å². The summed E-state index contributed by atoms with van der Waals surface area (Å²) in [6, 6.07) is 16.8. The van der Waals surface area contributed by atoms with Gasteiger partial charge in [-0.25, -0.2) is 4.79 Å². The number of carboxylic acids is 1. The number of hydrogen-bond donors (Lipinski definition) is 2. The number of nitrogens with one attached hydrogen (secondary N) is 1. The molecule has 0 radical (unpaired) electrons. The minimum Gasteiger partial charge on any atom is -0.480 e. The Morgan fingerprint density at radius 2 is 1.96 bits per heavy atom. The van der Waals surface area contributed by atoms with Crippen LogP contribution in [0.3, 0.4) is 0 Å². The van der Waals surface area contributed by atoms with Gasteiger partial charge in [0.2, 0.25) is 0 Å². The molecule has 0 saturated heterocycles. The van der Waals surface area contributed by atoms with Crippen molar-refractivity contribution in [3.8, 4) is 0 Å². The van der Waals surface area contributed by atoms with E-state index in [-0.39, 0.29) is 12.1 Å². The maximum atomic E-state index is 12.4. The highest BCUT2D eigenvalue weighted by Crippen LogP contribution is 2.25. The number of anilines is 1. The molecule has 120 valence electrons. The van der Waals surface area contributed by atoms with Gasteiger partial charge in [-0.1, -0.05) is 42.5 Å². The molecule has 1 atom stereocenters. The number of nitrogens with zero attached hydrogens (tertiary/aromatic N) is 1. The second-order valence-corrected chi connectivity index (χ2v) is 6.01. The van der Waals surface area contributed by atoms with E-state index >= 15 is 0 Å². The summed E-state index contributed by atoms with van der Waals surface area (Å²) in [5, 5.41) is 14.6. The standard InChI is InChI=1S/C19H16N2O3/c22-18-10-12(9-17-20-11-16(19(23)24)21(17)18)8-14-6-3-5-13-4-1-2-7-15(13)14/h1-7,9-10,16,20H,8,11H2,(H,23,24)/t16-/m0/s1. The molecule has 0 saturated carbocycles. The molecule has 1 aliphatic heterocycles. The van der Waals surface area contributed by atoms with E-state index in [0.717, 1.165) is 21.9 Å². The Balaban J connectivity index is 1.75. The van der Waals surface area contributed by atoms with Crippen LogP contribution in [-0.2, 0) is 11.2 Å². The minimum absolute atomic E-state index is 0.238. The number of hydrogen-bond acceptors (Lipinski definition) is 3. The van der Waals surface area contributed by atoms with Crippen molar-refractivity contribution in [3.05, 3.63) is 76.1 Å². The van der Waals surface area contributed by atoms with Gasteiger partial charge in [0.1, 0.15) is 5.82 Å². The van der Waals surface area contributed by atoms with Crippen LogP contribution in [0.4, 0.5) is 5.82 Å². The van der Waals surface area contributed by atoms with Crippen molar-refractivity contribution in [1.29, 1.82) is 0 Å². The van der Waals surface area contributed by atoms with Crippen molar-refractivity contribution in [2.45, 2.75) is 12.5 Å². The topological polar surface area (TPSA) is 71.3 Å². The van der Waals surface area contributed by atoms with E-state index in [4.69, 9.17) is 0 Å². The number of rotatable bonds is 3. The van der Waals surface area contributed by atoms with Crippen LogP contribution in [0.2, 0.25) is 0 Å². The lowest BCUT2D eigenvalue weighted by atomic mass is 9.99. The normalized spacial score (nSPS) is 15.9. The average molecular weight is 320 g/mol. The number of pyridine rings is 1. The first-order valence-electron chi connectivity index (χ1n) is 7.82. The third-order valence-electron chi connectivity index (χ3n) is 4.48. The quantitative estimate of drug-likeness (QED) is 0.778. The maximum absolute atomic E-state index is 12.4. The van der Waals surface area contributed by atoms with Crippen molar-refractivity contribution in [1.82, 2.24) is 4.57 Å². The van der Waals surface area contributed by atoms with Crippen LogP contribution < -0.4 is 10.9 Å². The van der Waals surface area contributed by atoms with Gasteiger partial charge in [-0.3, -0.25) is 9.36 Å². The Morgan fingerprint density at radius 1 is 1.17 bits per heavy atom. The molecule has 0 fully saturated rings. The Hall–Kier alpha value is -3.08. The molecule has 0 amide bonds. The molecule has 0 unspecified atom stereocenters. The summed E-state index contributed by atoms with van der Waals surface area (Å²) < 4.78 is 1.31. The summed E-state index contributed by atoms with van der Waals surface area (Å²) >= 11 is 0. The van der Waals surface area contributed by atoms with Gasteiger partial charge in [0, 0.05) is 12.6 Å². The van der Waals surface area contributed by atoms with Gasteiger partial charge in [-0.2, -0.15) is 0 Å². The fourth-order valence-electron chi connectivity index (χ4n) is 3.35. The van der Waals surface area contributed by atoms with Crippen LogP contribution in [0.25, 0.3) is 10.8 Å². The summed E-state index contributed by atoms with van der Waals surface area (Å²) in [6.07, 6.45) is 0.629.